The van der Waals surface area contributed by atoms with E-state index in [1.807, 2.05) is 0 Å². The lowest BCUT2D eigenvalue weighted by Gasteiger charge is -2.39. The van der Waals surface area contributed by atoms with Gasteiger partial charge in [0.25, 0.3) is 0 Å². The van der Waals surface area contributed by atoms with E-state index in [-0.39, 0.29) is 17.0 Å². The van der Waals surface area contributed by atoms with E-state index < -0.39 is 0 Å². The fraction of sp³-hybridized carbons (Fsp3) is 0.333. The molecule has 0 saturated carbocycles. The van der Waals surface area contributed by atoms with Gasteiger partial charge in [-0.2, -0.15) is 0 Å². The summed E-state index contributed by atoms with van der Waals surface area (Å²) in [4.78, 5) is 0. The smallest absolute Gasteiger partial charge is 0.141 e. The maximum absolute atomic E-state index is 3.47. The number of piperidine rings is 1. The number of aryl methyl sites for hydroxylation is 1. The second-order valence-corrected chi connectivity index (χ2v) is 7.17. The Bertz CT molecular complexity index is 744. The van der Waals surface area contributed by atoms with Gasteiger partial charge in [-0.3, -0.25) is 0 Å². The molecule has 0 unspecified atom stereocenters. The molecule has 1 aliphatic rings. The van der Waals surface area contributed by atoms with Crippen molar-refractivity contribution >= 4 is 6.08 Å². The van der Waals surface area contributed by atoms with E-state index in [2.05, 4.69) is 85.5 Å². The molecule has 0 aliphatic carbocycles. The number of hydrogen-bond acceptors (Lipinski definition) is 0. The van der Waals surface area contributed by atoms with Crippen molar-refractivity contribution in [1.82, 2.24) is 0 Å². The van der Waals surface area contributed by atoms with E-state index in [0.29, 0.717) is 0 Å². The monoisotopic (exact) mass is 409 g/mol. The average Bonchev–Trinajstić information content (AvgIpc) is 2.65. The minimum atomic E-state index is 0. The Morgan fingerprint density at radius 2 is 1.62 bits per heavy atom. The highest BCUT2D eigenvalue weighted by Crippen LogP contribution is 2.19. The van der Waals surface area contributed by atoms with E-state index in [4.69, 9.17) is 0 Å². The second kappa shape index (κ2) is 10.4. The fourth-order valence-corrected chi connectivity index (χ4v) is 3.51. The summed E-state index contributed by atoms with van der Waals surface area (Å²) in [5.41, 5.74) is 3.69. The molecular formula is C24H28BrN. The quantitative estimate of drug-likeness (QED) is 0.535. The number of likely N-dealkylation sites (tertiary alicyclic amines) is 1. The van der Waals surface area contributed by atoms with Crippen molar-refractivity contribution in [3.05, 3.63) is 77.4 Å². The van der Waals surface area contributed by atoms with Crippen LogP contribution in [0.3, 0.4) is 0 Å². The largest absolute Gasteiger partial charge is 1.00 e. The van der Waals surface area contributed by atoms with Gasteiger partial charge in [-0.15, -0.1) is 0 Å². The van der Waals surface area contributed by atoms with Crippen molar-refractivity contribution in [3.63, 3.8) is 0 Å². The molecule has 0 bridgehead atoms. The minimum absolute atomic E-state index is 0. The van der Waals surface area contributed by atoms with E-state index in [1.54, 1.807) is 0 Å². The van der Waals surface area contributed by atoms with Crippen molar-refractivity contribution in [2.75, 3.05) is 26.2 Å². The van der Waals surface area contributed by atoms with Crippen LogP contribution in [0.5, 0.6) is 0 Å². The standard InChI is InChI=1S/C24H28N.BrH/c1-22-14-16-24(17-15-22)13-9-21-25(18-6-3-7-19-25)20-8-12-23-10-4-2-5-11-23;/h2,4-5,8,10-12,14-17H,3,6-7,18-21H2,1H3;1H/q+1;/p-1. The molecule has 2 aromatic carbocycles. The normalized spacial score (nSPS) is 15.7. The van der Waals surface area contributed by atoms with Crippen molar-refractivity contribution in [2.45, 2.75) is 26.2 Å². The summed E-state index contributed by atoms with van der Waals surface area (Å²) in [5.74, 6) is 6.83. The Balaban J connectivity index is 0.00000243. The first-order valence-corrected chi connectivity index (χ1v) is 9.38. The number of rotatable bonds is 4. The molecule has 0 aromatic heterocycles. The maximum atomic E-state index is 3.47. The first-order chi connectivity index (χ1) is 12.3. The second-order valence-electron chi connectivity index (χ2n) is 7.17. The fourth-order valence-electron chi connectivity index (χ4n) is 3.51. The third-order valence-corrected chi connectivity index (χ3v) is 5.07. The summed E-state index contributed by atoms with van der Waals surface area (Å²) in [6.07, 6.45) is 8.61. The highest BCUT2D eigenvalue weighted by atomic mass is 79.9. The highest BCUT2D eigenvalue weighted by Gasteiger charge is 2.27. The van der Waals surface area contributed by atoms with Gasteiger partial charge in [0.1, 0.15) is 6.54 Å². The first kappa shape index (κ1) is 20.5. The van der Waals surface area contributed by atoms with Crippen molar-refractivity contribution in [1.29, 1.82) is 0 Å². The minimum Gasteiger partial charge on any atom is -1.00 e. The molecule has 3 rings (SSSR count). The Hall–Kier alpha value is -1.82. The van der Waals surface area contributed by atoms with E-state index in [1.165, 1.54) is 43.5 Å². The Morgan fingerprint density at radius 3 is 2.31 bits per heavy atom. The first-order valence-electron chi connectivity index (χ1n) is 9.38. The predicted octanol–water partition coefficient (Wildman–Crippen LogP) is 2.06. The van der Waals surface area contributed by atoms with Crippen LogP contribution in [-0.4, -0.2) is 30.7 Å². The van der Waals surface area contributed by atoms with Gasteiger partial charge in [0.15, 0.2) is 0 Å². The molecule has 1 saturated heterocycles. The number of hydrogen-bond donors (Lipinski definition) is 0. The number of benzene rings is 2. The maximum Gasteiger partial charge on any atom is 0.141 e. The van der Waals surface area contributed by atoms with Crippen LogP contribution >= 0.6 is 0 Å². The molecule has 0 radical (unpaired) electrons. The molecule has 0 spiro atoms. The molecule has 26 heavy (non-hydrogen) atoms. The van der Waals surface area contributed by atoms with Gasteiger partial charge in [-0.1, -0.05) is 60.0 Å². The topological polar surface area (TPSA) is 0 Å². The Morgan fingerprint density at radius 1 is 0.923 bits per heavy atom. The Kier molecular flexibility index (Phi) is 8.16. The summed E-state index contributed by atoms with van der Waals surface area (Å²) >= 11 is 0. The van der Waals surface area contributed by atoms with E-state index in [9.17, 15) is 0 Å². The lowest BCUT2D eigenvalue weighted by molar-refractivity contribution is -0.920. The molecule has 0 atom stereocenters. The molecule has 1 nitrogen and oxygen atoms in total. The lowest BCUT2D eigenvalue weighted by Crippen LogP contribution is -3.00. The van der Waals surface area contributed by atoms with Crippen LogP contribution in [0.15, 0.2) is 60.7 Å². The molecular weight excluding hydrogens is 382 g/mol. The number of nitrogens with zero attached hydrogens (tertiary/aromatic N) is 1. The summed E-state index contributed by atoms with van der Waals surface area (Å²) in [6.45, 7) is 6.65. The average molecular weight is 410 g/mol. The number of quaternary nitrogens is 1. The van der Waals surface area contributed by atoms with Gasteiger partial charge in [0, 0.05) is 5.56 Å². The van der Waals surface area contributed by atoms with E-state index in [0.717, 1.165) is 23.1 Å². The predicted molar refractivity (Wildman–Crippen MR) is 107 cm³/mol. The summed E-state index contributed by atoms with van der Waals surface area (Å²) in [5, 5.41) is 0. The van der Waals surface area contributed by atoms with Crippen LogP contribution in [0.25, 0.3) is 6.08 Å². The van der Waals surface area contributed by atoms with Crippen LogP contribution in [0.2, 0.25) is 0 Å². The molecule has 0 amide bonds. The van der Waals surface area contributed by atoms with Crippen molar-refractivity contribution < 1.29 is 21.5 Å². The van der Waals surface area contributed by atoms with Gasteiger partial charge < -0.3 is 21.5 Å². The zero-order valence-corrected chi connectivity index (χ0v) is 17.2. The molecule has 0 N–H and O–H groups in total. The van der Waals surface area contributed by atoms with Crippen molar-refractivity contribution in [2.24, 2.45) is 0 Å². The van der Waals surface area contributed by atoms with Crippen LogP contribution < -0.4 is 17.0 Å². The van der Waals surface area contributed by atoms with Gasteiger partial charge >= 0.3 is 0 Å². The van der Waals surface area contributed by atoms with Crippen LogP contribution in [-0.2, 0) is 0 Å². The zero-order chi connectivity index (χ0) is 17.4. The molecule has 2 aromatic rings. The van der Waals surface area contributed by atoms with Gasteiger partial charge in [-0.25, -0.2) is 0 Å². The Labute approximate surface area is 169 Å². The van der Waals surface area contributed by atoms with Gasteiger partial charge in [0.05, 0.1) is 19.6 Å². The summed E-state index contributed by atoms with van der Waals surface area (Å²) in [6, 6.07) is 19.1. The molecule has 2 heteroatoms. The third kappa shape index (κ3) is 6.16. The van der Waals surface area contributed by atoms with Gasteiger partial charge in [0.2, 0.25) is 0 Å². The highest BCUT2D eigenvalue weighted by molar-refractivity contribution is 5.48. The lowest BCUT2D eigenvalue weighted by atomic mass is 10.1. The summed E-state index contributed by atoms with van der Waals surface area (Å²) < 4.78 is 1.11. The third-order valence-electron chi connectivity index (χ3n) is 5.07. The molecule has 1 aliphatic heterocycles. The molecule has 1 fully saturated rings. The van der Waals surface area contributed by atoms with E-state index >= 15 is 0 Å². The summed E-state index contributed by atoms with van der Waals surface area (Å²) in [7, 11) is 0. The van der Waals surface area contributed by atoms with Gasteiger partial charge in [-0.05, 0) is 55.9 Å². The van der Waals surface area contributed by atoms with Crippen LogP contribution in [0, 0.1) is 18.8 Å². The molecule has 1 heterocycles. The number of halogens is 1. The van der Waals surface area contributed by atoms with Crippen molar-refractivity contribution in [3.8, 4) is 11.8 Å². The van der Waals surface area contributed by atoms with Crippen LogP contribution in [0.4, 0.5) is 0 Å². The SMILES string of the molecule is Cc1ccc(C#CC[N+]2(CC=Cc3ccccc3)CCCCC2)cc1.[Br-]. The molecule has 136 valence electrons. The zero-order valence-electron chi connectivity index (χ0n) is 15.6. The van der Waals surface area contributed by atoms with Crippen LogP contribution in [0.1, 0.15) is 36.0 Å².